The molecule has 1 atom stereocenters. The Morgan fingerprint density at radius 1 is 0.951 bits per heavy atom. The minimum absolute atomic E-state index is 0. The van der Waals surface area contributed by atoms with Crippen LogP contribution in [0.3, 0.4) is 0 Å². The predicted molar refractivity (Wildman–Crippen MR) is 163 cm³/mol. The van der Waals surface area contributed by atoms with Crippen molar-refractivity contribution in [2.24, 2.45) is 11.3 Å². The molecule has 0 unspecified atom stereocenters. The fraction of sp³-hybridized carbons (Fsp3) is 0.485. The second-order valence-electron chi connectivity index (χ2n) is 12.0. The molecule has 3 fully saturated rings. The van der Waals surface area contributed by atoms with E-state index in [-0.39, 0.29) is 35.7 Å². The Hall–Kier alpha value is -3.16. The maximum absolute atomic E-state index is 13.6. The fourth-order valence-electron chi connectivity index (χ4n) is 6.91. The number of rotatable bonds is 9. The molecule has 8 heteroatoms. The predicted octanol–water partition coefficient (Wildman–Crippen LogP) is 5.55. The van der Waals surface area contributed by atoms with E-state index in [4.69, 9.17) is 0 Å². The molecule has 0 bridgehead atoms. The molecule has 3 heterocycles. The van der Waals surface area contributed by atoms with Crippen LogP contribution in [0.25, 0.3) is 5.69 Å². The highest BCUT2D eigenvalue weighted by Crippen LogP contribution is 2.42. The number of carbonyl (C=O) groups is 2. The van der Waals surface area contributed by atoms with Gasteiger partial charge in [0.1, 0.15) is 0 Å². The van der Waals surface area contributed by atoms with Gasteiger partial charge in [-0.05, 0) is 80.9 Å². The lowest BCUT2D eigenvalue weighted by Crippen LogP contribution is -2.45. The largest absolute Gasteiger partial charge is 0.349 e. The number of benzene rings is 2. The van der Waals surface area contributed by atoms with E-state index in [0.29, 0.717) is 12.5 Å². The van der Waals surface area contributed by atoms with Crippen molar-refractivity contribution in [3.05, 3.63) is 84.2 Å². The highest BCUT2D eigenvalue weighted by Gasteiger charge is 2.47. The van der Waals surface area contributed by atoms with Crippen molar-refractivity contribution in [3.8, 4) is 5.69 Å². The Morgan fingerprint density at radius 2 is 1.66 bits per heavy atom. The van der Waals surface area contributed by atoms with Crippen LogP contribution in [0.2, 0.25) is 0 Å². The summed E-state index contributed by atoms with van der Waals surface area (Å²) in [7, 11) is 0. The van der Waals surface area contributed by atoms with Gasteiger partial charge in [0.15, 0.2) is 0 Å². The van der Waals surface area contributed by atoms with Crippen molar-refractivity contribution in [1.82, 2.24) is 24.9 Å². The standard InChI is InChI=1S/C33H41N5O2.ClH/c39-31(28-9-4-5-10-28)35-30(27-7-2-1-3-8-27)15-21-36-22-16-33(17-23-36)18-24-37(32(33)40)25-26-11-13-29(14-12-26)38-20-6-19-34-38;/h1-3,6-8,11-14,19-20,28,30H,4-5,9-10,15-18,21-25H2,(H,35,39);1H/t30-;/m0./s1. The van der Waals surface area contributed by atoms with Crippen LogP contribution in [0.1, 0.15) is 68.5 Å². The van der Waals surface area contributed by atoms with Crippen LogP contribution < -0.4 is 5.32 Å². The van der Waals surface area contributed by atoms with Crippen molar-refractivity contribution in [2.45, 2.75) is 64.0 Å². The summed E-state index contributed by atoms with van der Waals surface area (Å²) in [6.07, 6.45) is 11.8. The Morgan fingerprint density at radius 3 is 2.34 bits per heavy atom. The number of nitrogens with one attached hydrogen (secondary N) is 1. The summed E-state index contributed by atoms with van der Waals surface area (Å²) in [5, 5.41) is 7.67. The molecule has 2 aromatic carbocycles. The average molecular weight is 576 g/mol. The number of amides is 2. The molecule has 2 amide bonds. The van der Waals surface area contributed by atoms with Gasteiger partial charge in [-0.3, -0.25) is 9.59 Å². The third kappa shape index (κ3) is 6.68. The van der Waals surface area contributed by atoms with E-state index < -0.39 is 0 Å². The summed E-state index contributed by atoms with van der Waals surface area (Å²) in [6, 6.07) is 20.7. The number of piperidine rings is 1. The SMILES string of the molecule is Cl.O=C(N[C@@H](CCN1CCC2(CC1)CCN(Cc1ccc(-n3cccn3)cc1)C2=O)c1ccccc1)C1CCCC1. The number of nitrogens with zero attached hydrogens (tertiary/aromatic N) is 4. The topological polar surface area (TPSA) is 70.5 Å². The number of halogens is 1. The van der Waals surface area contributed by atoms with Crippen molar-refractivity contribution < 1.29 is 9.59 Å². The van der Waals surface area contributed by atoms with E-state index in [0.717, 1.165) is 88.8 Å². The first kappa shape index (κ1) is 29.3. The quantitative estimate of drug-likeness (QED) is 0.363. The Labute approximate surface area is 249 Å². The van der Waals surface area contributed by atoms with Gasteiger partial charge >= 0.3 is 0 Å². The highest BCUT2D eigenvalue weighted by atomic mass is 35.5. The highest BCUT2D eigenvalue weighted by molar-refractivity contribution is 5.85. The van der Waals surface area contributed by atoms with Crippen LogP contribution in [-0.2, 0) is 16.1 Å². The molecule has 6 rings (SSSR count). The van der Waals surface area contributed by atoms with Crippen molar-refractivity contribution >= 4 is 24.2 Å². The van der Waals surface area contributed by atoms with Gasteiger partial charge in [0.2, 0.25) is 11.8 Å². The molecule has 41 heavy (non-hydrogen) atoms. The maximum Gasteiger partial charge on any atom is 0.229 e. The van der Waals surface area contributed by atoms with Crippen molar-refractivity contribution in [1.29, 1.82) is 0 Å². The molecule has 1 aromatic heterocycles. The minimum atomic E-state index is -0.207. The average Bonchev–Trinajstić information content (AvgIpc) is 3.78. The molecule has 1 aliphatic carbocycles. The van der Waals surface area contributed by atoms with E-state index in [1.807, 2.05) is 23.0 Å². The monoisotopic (exact) mass is 575 g/mol. The van der Waals surface area contributed by atoms with Crippen molar-refractivity contribution in [3.63, 3.8) is 0 Å². The van der Waals surface area contributed by atoms with Gasteiger partial charge in [0, 0.05) is 37.9 Å². The minimum Gasteiger partial charge on any atom is -0.349 e. The molecule has 2 saturated heterocycles. The number of hydrogen-bond donors (Lipinski definition) is 1. The van der Waals surface area contributed by atoms with Gasteiger partial charge in [-0.2, -0.15) is 5.10 Å². The van der Waals surface area contributed by atoms with Crippen LogP contribution in [-0.4, -0.2) is 57.6 Å². The van der Waals surface area contributed by atoms with Gasteiger partial charge < -0.3 is 15.1 Å². The van der Waals surface area contributed by atoms with Crippen LogP contribution in [0.15, 0.2) is 73.1 Å². The molecule has 1 N–H and O–H groups in total. The maximum atomic E-state index is 13.6. The molecular weight excluding hydrogens is 534 g/mol. The number of hydrogen-bond acceptors (Lipinski definition) is 4. The van der Waals surface area contributed by atoms with E-state index >= 15 is 0 Å². The van der Waals surface area contributed by atoms with Crippen LogP contribution in [0.4, 0.5) is 0 Å². The summed E-state index contributed by atoms with van der Waals surface area (Å²) >= 11 is 0. The van der Waals surface area contributed by atoms with Gasteiger partial charge in [-0.15, -0.1) is 12.4 Å². The zero-order chi connectivity index (χ0) is 27.4. The van der Waals surface area contributed by atoms with E-state index in [1.165, 1.54) is 5.56 Å². The van der Waals surface area contributed by atoms with E-state index in [9.17, 15) is 9.59 Å². The van der Waals surface area contributed by atoms with Gasteiger partial charge in [-0.25, -0.2) is 4.68 Å². The molecule has 3 aromatic rings. The molecule has 0 radical (unpaired) electrons. The van der Waals surface area contributed by atoms with E-state index in [2.05, 4.69) is 68.7 Å². The van der Waals surface area contributed by atoms with Gasteiger partial charge in [0.05, 0.1) is 17.1 Å². The summed E-state index contributed by atoms with van der Waals surface area (Å²) in [6.45, 7) is 4.32. The first-order chi connectivity index (χ1) is 19.6. The second-order valence-corrected chi connectivity index (χ2v) is 12.0. The van der Waals surface area contributed by atoms with Gasteiger partial charge in [-0.1, -0.05) is 55.3 Å². The lowest BCUT2D eigenvalue weighted by Gasteiger charge is -2.38. The zero-order valence-electron chi connectivity index (χ0n) is 23.8. The number of carbonyl (C=O) groups excluding carboxylic acids is 2. The summed E-state index contributed by atoms with van der Waals surface area (Å²) < 4.78 is 1.85. The smallest absolute Gasteiger partial charge is 0.229 e. The van der Waals surface area contributed by atoms with Gasteiger partial charge in [0.25, 0.3) is 0 Å². The first-order valence-corrected chi connectivity index (χ1v) is 15.1. The van der Waals surface area contributed by atoms with Crippen LogP contribution >= 0.6 is 12.4 Å². The Balaban J connectivity index is 0.00000337. The fourth-order valence-corrected chi connectivity index (χ4v) is 6.91. The molecule has 7 nitrogen and oxygen atoms in total. The molecular formula is C33H42ClN5O2. The van der Waals surface area contributed by atoms with E-state index in [1.54, 1.807) is 6.20 Å². The molecule has 3 aliphatic rings. The molecule has 2 aliphatic heterocycles. The summed E-state index contributed by atoms with van der Waals surface area (Å²) in [5.74, 6) is 0.720. The summed E-state index contributed by atoms with van der Waals surface area (Å²) in [5.41, 5.74) is 3.16. The third-order valence-corrected chi connectivity index (χ3v) is 9.47. The lowest BCUT2D eigenvalue weighted by atomic mass is 9.77. The second kappa shape index (κ2) is 13.2. The normalized spacial score (nSPS) is 19.8. The molecule has 218 valence electrons. The first-order valence-electron chi connectivity index (χ1n) is 15.1. The zero-order valence-corrected chi connectivity index (χ0v) is 24.6. The van der Waals surface area contributed by atoms with Crippen molar-refractivity contribution in [2.75, 3.05) is 26.2 Å². The Bertz CT molecular complexity index is 1270. The lowest BCUT2D eigenvalue weighted by molar-refractivity contribution is -0.139. The number of aromatic nitrogens is 2. The molecule has 1 spiro atoms. The third-order valence-electron chi connectivity index (χ3n) is 9.47. The molecule has 1 saturated carbocycles. The Kier molecular flexibility index (Phi) is 9.46. The van der Waals surface area contributed by atoms with Crippen LogP contribution in [0.5, 0.6) is 0 Å². The summed E-state index contributed by atoms with van der Waals surface area (Å²) in [4.78, 5) is 31.1. The number of likely N-dealkylation sites (tertiary alicyclic amines) is 2. The van der Waals surface area contributed by atoms with Crippen LogP contribution in [0, 0.1) is 11.3 Å².